The molecule has 1 atom stereocenters. The Hall–Kier alpha value is -3.08. The lowest BCUT2D eigenvalue weighted by Crippen LogP contribution is -2.27. The molecule has 0 aliphatic rings. The number of carbonyl (C=O) groups is 1. The first-order valence-corrected chi connectivity index (χ1v) is 8.71. The normalized spacial score (nSPS) is 12.0. The number of hydrogen-bond donors (Lipinski definition) is 0. The quantitative estimate of drug-likeness (QED) is 0.643. The van der Waals surface area contributed by atoms with Crippen LogP contribution in [0.5, 0.6) is 5.75 Å². The van der Waals surface area contributed by atoms with Crippen LogP contribution >= 0.6 is 0 Å². The van der Waals surface area contributed by atoms with Gasteiger partial charge in [-0.1, -0.05) is 35.9 Å². The lowest BCUT2D eigenvalue weighted by Gasteiger charge is -2.16. The predicted octanol–water partition coefficient (Wildman–Crippen LogP) is 4.33. The number of benzene rings is 2. The Kier molecular flexibility index (Phi) is 5.04. The van der Waals surface area contributed by atoms with Crippen LogP contribution in [0.1, 0.15) is 23.6 Å². The third-order valence-electron chi connectivity index (χ3n) is 4.44. The first-order valence-electron chi connectivity index (χ1n) is 8.71. The fraction of sp³-hybridized carbons (Fsp3) is 0.273. The van der Waals surface area contributed by atoms with Gasteiger partial charge in [-0.25, -0.2) is 4.79 Å². The average Bonchev–Trinajstić information content (AvgIpc) is 2.63. The van der Waals surface area contributed by atoms with Gasteiger partial charge in [0.2, 0.25) is 11.2 Å². The van der Waals surface area contributed by atoms with E-state index in [4.69, 9.17) is 13.9 Å². The van der Waals surface area contributed by atoms with Gasteiger partial charge in [-0.2, -0.15) is 0 Å². The van der Waals surface area contributed by atoms with Crippen LogP contribution in [0, 0.1) is 20.8 Å². The smallest absolute Gasteiger partial charge is 0.346 e. The van der Waals surface area contributed by atoms with E-state index in [1.807, 2.05) is 57.2 Å². The summed E-state index contributed by atoms with van der Waals surface area (Å²) in [6, 6.07) is 11.3. The Bertz CT molecular complexity index is 1060. The molecule has 1 heterocycles. The fourth-order valence-electron chi connectivity index (χ4n) is 3.07. The van der Waals surface area contributed by atoms with Gasteiger partial charge in [-0.05, 0) is 44.9 Å². The van der Waals surface area contributed by atoms with Crippen LogP contribution in [0.25, 0.3) is 22.3 Å². The maximum Gasteiger partial charge on any atom is 0.346 e. The second-order valence-electron chi connectivity index (χ2n) is 6.69. The van der Waals surface area contributed by atoms with Crippen LogP contribution < -0.4 is 10.2 Å². The van der Waals surface area contributed by atoms with E-state index < -0.39 is 12.1 Å². The Morgan fingerprint density at radius 3 is 2.33 bits per heavy atom. The Morgan fingerprint density at radius 1 is 1.04 bits per heavy atom. The van der Waals surface area contributed by atoms with Crippen molar-refractivity contribution in [2.75, 3.05) is 7.11 Å². The number of fused-ring (bicyclic) bond motifs is 1. The van der Waals surface area contributed by atoms with Gasteiger partial charge in [0.25, 0.3) is 0 Å². The van der Waals surface area contributed by atoms with Crippen molar-refractivity contribution < 1.29 is 18.7 Å². The molecule has 0 bridgehead atoms. The number of ether oxygens (including phenoxy) is 2. The number of methoxy groups -OCH3 is 1. The molecule has 0 saturated heterocycles. The lowest BCUT2D eigenvalue weighted by atomic mass is 10.0. The van der Waals surface area contributed by atoms with Crippen LogP contribution in [-0.2, 0) is 9.53 Å². The van der Waals surface area contributed by atoms with Gasteiger partial charge >= 0.3 is 5.97 Å². The second kappa shape index (κ2) is 7.27. The highest BCUT2D eigenvalue weighted by Gasteiger charge is 2.24. The van der Waals surface area contributed by atoms with Gasteiger partial charge in [-0.3, -0.25) is 4.79 Å². The Balaban J connectivity index is 2.30. The number of aryl methyl sites for hydroxylation is 3. The van der Waals surface area contributed by atoms with Gasteiger partial charge in [-0.15, -0.1) is 0 Å². The van der Waals surface area contributed by atoms with Crippen molar-refractivity contribution in [2.24, 2.45) is 0 Å². The summed E-state index contributed by atoms with van der Waals surface area (Å²) in [6.45, 7) is 7.31. The zero-order chi connectivity index (χ0) is 19.7. The highest BCUT2D eigenvalue weighted by atomic mass is 16.6. The van der Waals surface area contributed by atoms with E-state index in [1.54, 1.807) is 0 Å². The van der Waals surface area contributed by atoms with Gasteiger partial charge in [0.1, 0.15) is 5.58 Å². The third-order valence-corrected chi connectivity index (χ3v) is 4.44. The van der Waals surface area contributed by atoms with Crippen LogP contribution in [0.3, 0.4) is 0 Å². The topological polar surface area (TPSA) is 65.7 Å². The van der Waals surface area contributed by atoms with Gasteiger partial charge in [0.05, 0.1) is 12.5 Å². The summed E-state index contributed by atoms with van der Waals surface area (Å²) in [5.74, 6) is -0.255. The largest absolute Gasteiger partial charge is 0.471 e. The van der Waals surface area contributed by atoms with Gasteiger partial charge in [0, 0.05) is 5.56 Å². The summed E-state index contributed by atoms with van der Waals surface area (Å²) < 4.78 is 16.5. The molecule has 140 valence electrons. The molecule has 27 heavy (non-hydrogen) atoms. The summed E-state index contributed by atoms with van der Waals surface area (Å²) >= 11 is 0. The molecule has 5 heteroatoms. The molecule has 0 aliphatic carbocycles. The summed E-state index contributed by atoms with van der Waals surface area (Å²) in [4.78, 5) is 25.0. The third kappa shape index (κ3) is 3.58. The first kappa shape index (κ1) is 18.7. The van der Waals surface area contributed by atoms with Crippen LogP contribution in [-0.4, -0.2) is 19.2 Å². The van der Waals surface area contributed by atoms with Crippen molar-refractivity contribution in [2.45, 2.75) is 33.8 Å². The van der Waals surface area contributed by atoms with Crippen molar-refractivity contribution in [3.05, 3.63) is 63.3 Å². The molecule has 5 nitrogen and oxygen atoms in total. The number of rotatable bonds is 4. The first-order chi connectivity index (χ1) is 12.8. The van der Waals surface area contributed by atoms with Crippen molar-refractivity contribution in [3.8, 4) is 17.1 Å². The molecule has 3 aromatic rings. The molecule has 0 aliphatic heterocycles. The van der Waals surface area contributed by atoms with Crippen molar-refractivity contribution >= 4 is 16.9 Å². The van der Waals surface area contributed by atoms with E-state index in [9.17, 15) is 9.59 Å². The van der Waals surface area contributed by atoms with Gasteiger partial charge in [0.15, 0.2) is 11.9 Å². The molecule has 3 rings (SSSR count). The molecule has 0 spiro atoms. The highest BCUT2D eigenvalue weighted by Crippen LogP contribution is 2.33. The second-order valence-corrected chi connectivity index (χ2v) is 6.69. The minimum atomic E-state index is -0.940. The molecule has 0 radical (unpaired) electrons. The average molecular weight is 366 g/mol. The molecule has 0 amide bonds. The fourth-order valence-corrected chi connectivity index (χ4v) is 3.07. The minimum absolute atomic E-state index is 0.0104. The Labute approximate surface area is 157 Å². The van der Waals surface area contributed by atoms with E-state index in [0.29, 0.717) is 22.3 Å². The van der Waals surface area contributed by atoms with Crippen molar-refractivity contribution in [3.63, 3.8) is 0 Å². The van der Waals surface area contributed by atoms with E-state index in [2.05, 4.69) is 0 Å². The standard InChI is InChI=1S/C22H22O5/c1-12-6-8-16(9-7-12)20-21(26-15(4)22(24)25-5)19(23)18-14(3)10-13(2)11-17(18)27-20/h6-11,15H,1-5H3. The van der Waals surface area contributed by atoms with Crippen molar-refractivity contribution in [1.29, 1.82) is 0 Å². The number of hydrogen-bond acceptors (Lipinski definition) is 5. The van der Waals surface area contributed by atoms with E-state index in [0.717, 1.165) is 16.7 Å². The molecule has 1 unspecified atom stereocenters. The molecule has 2 aromatic carbocycles. The molecule has 0 saturated carbocycles. The summed E-state index contributed by atoms with van der Waals surface area (Å²) in [5, 5.41) is 0.448. The number of esters is 1. The number of carbonyl (C=O) groups excluding carboxylic acids is 1. The zero-order valence-electron chi connectivity index (χ0n) is 16.1. The molecular weight excluding hydrogens is 344 g/mol. The SMILES string of the molecule is COC(=O)C(C)Oc1c(-c2ccc(C)cc2)oc2cc(C)cc(C)c2c1=O. The summed E-state index contributed by atoms with van der Waals surface area (Å²) in [5.41, 5.74) is 3.76. The molecular formula is C22H22O5. The predicted molar refractivity (Wildman–Crippen MR) is 104 cm³/mol. The monoisotopic (exact) mass is 366 g/mol. The summed E-state index contributed by atoms with van der Waals surface area (Å²) in [6.07, 6.45) is -0.940. The van der Waals surface area contributed by atoms with Gasteiger partial charge < -0.3 is 13.9 Å². The van der Waals surface area contributed by atoms with E-state index >= 15 is 0 Å². The zero-order valence-corrected chi connectivity index (χ0v) is 16.1. The Morgan fingerprint density at radius 2 is 1.70 bits per heavy atom. The summed E-state index contributed by atoms with van der Waals surface area (Å²) in [7, 11) is 1.28. The maximum atomic E-state index is 13.2. The molecule has 0 fully saturated rings. The van der Waals surface area contributed by atoms with Crippen LogP contribution in [0.2, 0.25) is 0 Å². The maximum absolute atomic E-state index is 13.2. The minimum Gasteiger partial charge on any atom is -0.471 e. The van der Waals surface area contributed by atoms with Crippen LogP contribution in [0.15, 0.2) is 45.6 Å². The molecule has 0 N–H and O–H groups in total. The van der Waals surface area contributed by atoms with E-state index in [-0.39, 0.29) is 11.2 Å². The van der Waals surface area contributed by atoms with Crippen LogP contribution in [0.4, 0.5) is 0 Å². The van der Waals surface area contributed by atoms with E-state index in [1.165, 1.54) is 14.0 Å². The lowest BCUT2D eigenvalue weighted by molar-refractivity contribution is -0.147. The molecule has 1 aromatic heterocycles. The highest BCUT2D eigenvalue weighted by molar-refractivity contribution is 5.85. The van der Waals surface area contributed by atoms with Crippen molar-refractivity contribution in [1.82, 2.24) is 0 Å².